The molecule has 0 saturated heterocycles. The molecule has 8 heteroatoms. The van der Waals surface area contributed by atoms with Crippen LogP contribution in [0.3, 0.4) is 0 Å². The number of esters is 1. The number of carbonyl (C=O) groups is 2. The maximum Gasteiger partial charge on any atom is 0.344 e. The molecule has 8 nitrogen and oxygen atoms in total. The van der Waals surface area contributed by atoms with E-state index < -0.39 is 17.5 Å². The van der Waals surface area contributed by atoms with Gasteiger partial charge in [0.15, 0.2) is 5.65 Å². The Morgan fingerprint density at radius 1 is 1.03 bits per heavy atom. The number of hydrogen-bond donors (Lipinski definition) is 2. The molecule has 0 amide bonds. The molecule has 0 saturated carbocycles. The fraction of sp³-hybridized carbons (Fsp3) is 0.182. The Balaban J connectivity index is 2.06. The lowest BCUT2D eigenvalue weighted by Gasteiger charge is -2.19. The number of aromatic nitrogens is 3. The minimum atomic E-state index is -1.07. The van der Waals surface area contributed by atoms with E-state index in [-0.39, 0.29) is 16.9 Å². The van der Waals surface area contributed by atoms with Crippen molar-refractivity contribution in [3.8, 4) is 5.69 Å². The zero-order valence-electron chi connectivity index (χ0n) is 16.7. The molecule has 2 aromatic heterocycles. The van der Waals surface area contributed by atoms with Crippen molar-refractivity contribution in [2.75, 3.05) is 5.73 Å². The van der Waals surface area contributed by atoms with E-state index in [0.29, 0.717) is 27.9 Å². The molecule has 0 aliphatic carbocycles. The van der Waals surface area contributed by atoms with Crippen LogP contribution in [-0.2, 0) is 4.74 Å². The first kappa shape index (κ1) is 19.4. The second-order valence-electron chi connectivity index (χ2n) is 7.84. The average Bonchev–Trinajstić information content (AvgIpc) is 2.95. The number of hydrogen-bond acceptors (Lipinski definition) is 6. The van der Waals surface area contributed by atoms with Gasteiger partial charge in [-0.15, -0.1) is 0 Å². The third kappa shape index (κ3) is 3.32. The smallest absolute Gasteiger partial charge is 0.344 e. The molecule has 0 spiro atoms. The number of carbonyl (C=O) groups excluding carboxylic acids is 1. The van der Waals surface area contributed by atoms with Crippen molar-refractivity contribution in [2.45, 2.75) is 26.4 Å². The lowest BCUT2D eigenvalue weighted by atomic mass is 10.2. The van der Waals surface area contributed by atoms with Crippen LogP contribution in [0.15, 0.2) is 48.5 Å². The van der Waals surface area contributed by atoms with Crippen LogP contribution < -0.4 is 5.73 Å². The van der Waals surface area contributed by atoms with Gasteiger partial charge in [0, 0.05) is 5.69 Å². The van der Waals surface area contributed by atoms with Crippen LogP contribution in [0.25, 0.3) is 27.9 Å². The Bertz CT molecular complexity index is 1320. The molecule has 0 atom stereocenters. The molecule has 30 heavy (non-hydrogen) atoms. The summed E-state index contributed by atoms with van der Waals surface area (Å²) in [5.74, 6) is -1.62. The van der Waals surface area contributed by atoms with Gasteiger partial charge in [-0.25, -0.2) is 19.6 Å². The van der Waals surface area contributed by atoms with E-state index >= 15 is 0 Å². The molecule has 4 aromatic rings. The van der Waals surface area contributed by atoms with E-state index in [0.717, 1.165) is 0 Å². The molecule has 2 heterocycles. The summed E-state index contributed by atoms with van der Waals surface area (Å²) in [7, 11) is 0. The molecule has 0 radical (unpaired) electrons. The molecule has 152 valence electrons. The van der Waals surface area contributed by atoms with Gasteiger partial charge in [0.2, 0.25) is 0 Å². The maximum atomic E-state index is 13.0. The number of fused-ring (bicyclic) bond motifs is 2. The highest BCUT2D eigenvalue weighted by Crippen LogP contribution is 2.32. The molecule has 3 N–H and O–H groups in total. The third-order valence-electron chi connectivity index (χ3n) is 4.45. The van der Waals surface area contributed by atoms with Gasteiger partial charge in [-0.2, -0.15) is 0 Å². The monoisotopic (exact) mass is 404 g/mol. The Morgan fingerprint density at radius 2 is 1.70 bits per heavy atom. The zero-order valence-corrected chi connectivity index (χ0v) is 16.7. The van der Waals surface area contributed by atoms with Crippen molar-refractivity contribution in [3.63, 3.8) is 0 Å². The summed E-state index contributed by atoms with van der Waals surface area (Å²) in [6.07, 6.45) is 0. The van der Waals surface area contributed by atoms with Crippen molar-refractivity contribution in [1.29, 1.82) is 0 Å². The number of para-hydroxylation sites is 2. The Hall–Kier alpha value is -3.94. The number of nitrogens with two attached hydrogens (primary N) is 1. The van der Waals surface area contributed by atoms with Crippen LogP contribution in [0.1, 0.15) is 41.5 Å². The maximum absolute atomic E-state index is 13.0. The van der Waals surface area contributed by atoms with Gasteiger partial charge in [-0.1, -0.05) is 18.2 Å². The molecular weight excluding hydrogens is 384 g/mol. The highest BCUT2D eigenvalue weighted by molar-refractivity contribution is 6.09. The summed E-state index contributed by atoms with van der Waals surface area (Å²) in [5, 5.41) is 9.36. The molecule has 0 aliphatic heterocycles. The first-order valence-electron chi connectivity index (χ1n) is 9.29. The predicted octanol–water partition coefficient (Wildman–Crippen LogP) is 3.81. The summed E-state index contributed by atoms with van der Waals surface area (Å²) in [5.41, 5.74) is 8.15. The molecule has 4 rings (SSSR count). The minimum absolute atomic E-state index is 0.0806. The van der Waals surface area contributed by atoms with E-state index in [1.54, 1.807) is 45.0 Å². The van der Waals surface area contributed by atoms with Crippen LogP contribution in [0.4, 0.5) is 5.82 Å². The van der Waals surface area contributed by atoms with Crippen LogP contribution in [-0.4, -0.2) is 37.2 Å². The summed E-state index contributed by atoms with van der Waals surface area (Å²) in [6.45, 7) is 5.28. The number of carboxylic acids is 1. The zero-order chi connectivity index (χ0) is 21.6. The fourth-order valence-corrected chi connectivity index (χ4v) is 3.23. The number of ether oxygens (including phenoxy) is 1. The fourth-order valence-electron chi connectivity index (χ4n) is 3.23. The minimum Gasteiger partial charge on any atom is -0.478 e. The Morgan fingerprint density at radius 3 is 2.33 bits per heavy atom. The molecule has 0 bridgehead atoms. The quantitative estimate of drug-likeness (QED) is 0.498. The van der Waals surface area contributed by atoms with Crippen molar-refractivity contribution in [2.24, 2.45) is 0 Å². The number of rotatable bonds is 3. The summed E-state index contributed by atoms with van der Waals surface area (Å²) >= 11 is 0. The number of benzene rings is 2. The molecule has 0 fully saturated rings. The average molecular weight is 404 g/mol. The first-order valence-corrected chi connectivity index (χ1v) is 9.29. The highest BCUT2D eigenvalue weighted by atomic mass is 16.6. The largest absolute Gasteiger partial charge is 0.478 e. The number of aromatic carboxylic acids is 1. The van der Waals surface area contributed by atoms with Gasteiger partial charge in [-0.3, -0.25) is 4.57 Å². The Kier molecular flexibility index (Phi) is 4.42. The second kappa shape index (κ2) is 6.84. The lowest BCUT2D eigenvalue weighted by molar-refractivity contribution is 0.00726. The summed E-state index contributed by atoms with van der Waals surface area (Å²) < 4.78 is 7.07. The van der Waals surface area contributed by atoms with Gasteiger partial charge in [-0.05, 0) is 51.1 Å². The van der Waals surface area contributed by atoms with Gasteiger partial charge in [0.25, 0.3) is 0 Å². The topological polar surface area (TPSA) is 120 Å². The van der Waals surface area contributed by atoms with E-state index in [2.05, 4.69) is 9.97 Å². The predicted molar refractivity (Wildman–Crippen MR) is 113 cm³/mol. The third-order valence-corrected chi connectivity index (χ3v) is 4.45. The van der Waals surface area contributed by atoms with Gasteiger partial charge in [0.1, 0.15) is 22.5 Å². The highest BCUT2D eigenvalue weighted by Gasteiger charge is 2.28. The van der Waals surface area contributed by atoms with E-state index in [4.69, 9.17) is 10.5 Å². The molecule has 2 aromatic carbocycles. The standard InChI is InChI=1S/C22H20N4O4/c1-22(2,3)30-21(29)16-17-19(25-15-10-5-4-9-14(15)24-17)26(18(16)23)13-8-6-7-12(11-13)20(27)28/h4-11H,23H2,1-3H3,(H,27,28). The van der Waals surface area contributed by atoms with Crippen LogP contribution in [0.2, 0.25) is 0 Å². The second-order valence-corrected chi connectivity index (χ2v) is 7.84. The summed E-state index contributed by atoms with van der Waals surface area (Å²) in [4.78, 5) is 33.7. The van der Waals surface area contributed by atoms with Crippen molar-refractivity contribution in [3.05, 3.63) is 59.7 Å². The number of anilines is 1. The van der Waals surface area contributed by atoms with E-state index in [1.165, 1.54) is 16.7 Å². The van der Waals surface area contributed by atoms with Crippen molar-refractivity contribution < 1.29 is 19.4 Å². The van der Waals surface area contributed by atoms with Crippen LogP contribution in [0, 0.1) is 0 Å². The lowest BCUT2D eigenvalue weighted by Crippen LogP contribution is -2.24. The van der Waals surface area contributed by atoms with E-state index in [1.807, 2.05) is 12.1 Å². The molecule has 0 aliphatic rings. The Labute approximate surface area is 171 Å². The van der Waals surface area contributed by atoms with Gasteiger partial charge in [0.05, 0.1) is 16.6 Å². The number of nitrogen functional groups attached to an aromatic ring is 1. The number of carboxylic acid groups (broad SMARTS) is 1. The van der Waals surface area contributed by atoms with Gasteiger partial charge >= 0.3 is 11.9 Å². The van der Waals surface area contributed by atoms with Gasteiger partial charge < -0.3 is 15.6 Å². The van der Waals surface area contributed by atoms with Crippen molar-refractivity contribution in [1.82, 2.24) is 14.5 Å². The molecule has 0 unspecified atom stereocenters. The van der Waals surface area contributed by atoms with E-state index in [9.17, 15) is 14.7 Å². The van der Waals surface area contributed by atoms with Crippen molar-refractivity contribution >= 4 is 40.0 Å². The summed E-state index contributed by atoms with van der Waals surface area (Å²) in [6, 6.07) is 13.5. The first-order chi connectivity index (χ1) is 14.2. The van der Waals surface area contributed by atoms with Crippen LogP contribution >= 0.6 is 0 Å². The molecular formula is C22H20N4O4. The normalized spacial score (nSPS) is 11.7. The SMILES string of the molecule is CC(C)(C)OC(=O)c1c(N)n(-c2cccc(C(=O)O)c2)c2nc3ccccc3nc12. The number of nitrogens with zero attached hydrogens (tertiary/aromatic N) is 3. The van der Waals surface area contributed by atoms with Crippen LogP contribution in [0.5, 0.6) is 0 Å².